The molecular weight excluding hydrogens is 230 g/mol. The van der Waals surface area contributed by atoms with Crippen LogP contribution in [0.5, 0.6) is 0 Å². The molecule has 1 N–H and O–H groups in total. The maximum absolute atomic E-state index is 3.18. The first-order valence-electron chi connectivity index (χ1n) is 6.62. The molecule has 1 aliphatic rings. The van der Waals surface area contributed by atoms with Crippen LogP contribution >= 0.6 is 0 Å². The average molecular weight is 247 g/mol. The van der Waals surface area contributed by atoms with Gasteiger partial charge in [0.25, 0.3) is 0 Å². The van der Waals surface area contributed by atoms with Crippen LogP contribution in [-0.2, 0) is 6.42 Å². The van der Waals surface area contributed by atoms with Gasteiger partial charge in [0.1, 0.15) is 0 Å². The second-order valence-electron chi connectivity index (χ2n) is 4.81. The molecule has 94 valence electrons. The summed E-state index contributed by atoms with van der Waals surface area (Å²) in [5, 5.41) is 2.61. The predicted octanol–water partition coefficient (Wildman–Crippen LogP) is 4.73. The van der Waals surface area contributed by atoms with Crippen LogP contribution in [0.15, 0.2) is 60.8 Å². The summed E-state index contributed by atoms with van der Waals surface area (Å²) in [6.07, 6.45) is 7.53. The minimum Gasteiger partial charge on any atom is -0.364 e. The minimum atomic E-state index is 1.12. The molecule has 3 aromatic rings. The number of hydrogen-bond acceptors (Lipinski definition) is 0. The van der Waals surface area contributed by atoms with Crippen molar-refractivity contribution in [1.82, 2.24) is 4.98 Å². The molecule has 1 aliphatic carbocycles. The highest BCUT2D eigenvalue weighted by Crippen LogP contribution is 2.17. The molecule has 0 spiro atoms. The number of rotatable bonds is 0. The van der Waals surface area contributed by atoms with E-state index in [1.165, 1.54) is 27.6 Å². The van der Waals surface area contributed by atoms with E-state index in [-0.39, 0.29) is 0 Å². The average Bonchev–Trinajstić information content (AvgIpc) is 3.07. The molecule has 0 saturated carbocycles. The molecule has 0 atom stereocenters. The van der Waals surface area contributed by atoms with E-state index in [4.69, 9.17) is 0 Å². The van der Waals surface area contributed by atoms with Gasteiger partial charge in [0, 0.05) is 17.3 Å². The number of allylic oxidation sites excluding steroid dienone is 1. The molecule has 1 heterocycles. The van der Waals surface area contributed by atoms with E-state index in [0.29, 0.717) is 0 Å². The zero-order valence-corrected chi connectivity index (χ0v) is 11.1. The number of aryl methyl sites for hydroxylation is 1. The summed E-state index contributed by atoms with van der Waals surface area (Å²) in [5.74, 6) is 0. The Hall–Kier alpha value is -2.28. The van der Waals surface area contributed by atoms with Crippen LogP contribution in [0.3, 0.4) is 0 Å². The van der Waals surface area contributed by atoms with E-state index in [9.17, 15) is 0 Å². The maximum atomic E-state index is 3.18. The molecule has 0 bridgehead atoms. The van der Waals surface area contributed by atoms with Crippen molar-refractivity contribution >= 4 is 16.8 Å². The summed E-state index contributed by atoms with van der Waals surface area (Å²) in [7, 11) is 0. The van der Waals surface area contributed by atoms with Crippen LogP contribution in [0, 0.1) is 6.92 Å². The van der Waals surface area contributed by atoms with Crippen molar-refractivity contribution < 1.29 is 0 Å². The van der Waals surface area contributed by atoms with Crippen LogP contribution in [0.1, 0.15) is 16.8 Å². The normalized spacial score (nSPS) is 12.1. The van der Waals surface area contributed by atoms with Gasteiger partial charge in [-0.25, -0.2) is 0 Å². The quantitative estimate of drug-likeness (QED) is 0.591. The van der Waals surface area contributed by atoms with Crippen molar-refractivity contribution in [1.29, 1.82) is 0 Å². The smallest absolute Gasteiger partial charge is 0.0195 e. The lowest BCUT2D eigenvalue weighted by molar-refractivity contribution is 1.28. The highest BCUT2D eigenvalue weighted by molar-refractivity contribution is 5.84. The van der Waals surface area contributed by atoms with Crippen molar-refractivity contribution in [2.75, 3.05) is 0 Å². The van der Waals surface area contributed by atoms with E-state index in [0.717, 1.165) is 6.42 Å². The predicted molar refractivity (Wildman–Crippen MR) is 82.2 cm³/mol. The van der Waals surface area contributed by atoms with Gasteiger partial charge in [0.15, 0.2) is 0 Å². The van der Waals surface area contributed by atoms with Gasteiger partial charge in [-0.1, -0.05) is 60.7 Å². The highest BCUT2D eigenvalue weighted by atomic mass is 14.7. The second-order valence-corrected chi connectivity index (χ2v) is 4.81. The van der Waals surface area contributed by atoms with Gasteiger partial charge in [-0.2, -0.15) is 0 Å². The molecule has 19 heavy (non-hydrogen) atoms. The second kappa shape index (κ2) is 5.15. The third-order valence-corrected chi connectivity index (χ3v) is 3.50. The van der Waals surface area contributed by atoms with E-state index >= 15 is 0 Å². The first-order chi connectivity index (χ1) is 9.34. The first-order valence-corrected chi connectivity index (χ1v) is 6.62. The molecule has 0 fully saturated rings. The van der Waals surface area contributed by atoms with Gasteiger partial charge in [-0.05, 0) is 29.9 Å². The number of aromatic amines is 1. The lowest BCUT2D eigenvalue weighted by Crippen LogP contribution is -1.76. The van der Waals surface area contributed by atoms with Gasteiger partial charge >= 0.3 is 0 Å². The van der Waals surface area contributed by atoms with Gasteiger partial charge < -0.3 is 4.98 Å². The van der Waals surface area contributed by atoms with Gasteiger partial charge in [-0.15, -0.1) is 0 Å². The van der Waals surface area contributed by atoms with Crippen LogP contribution in [-0.4, -0.2) is 4.98 Å². The third kappa shape index (κ3) is 2.45. The fourth-order valence-corrected chi connectivity index (χ4v) is 2.42. The van der Waals surface area contributed by atoms with E-state index in [1.54, 1.807) is 0 Å². The zero-order chi connectivity index (χ0) is 13.1. The summed E-state index contributed by atoms with van der Waals surface area (Å²) >= 11 is 0. The Kier molecular flexibility index (Phi) is 3.20. The molecule has 4 rings (SSSR count). The Labute approximate surface area is 113 Å². The van der Waals surface area contributed by atoms with Crippen molar-refractivity contribution in [2.45, 2.75) is 13.3 Å². The number of H-pyrrole nitrogens is 1. The SMILES string of the molecule is C1=Cc2ccccc2C1.Cc1[nH]cc2ccccc12. The molecule has 0 saturated heterocycles. The molecule has 0 amide bonds. The van der Waals surface area contributed by atoms with Crippen LogP contribution < -0.4 is 0 Å². The lowest BCUT2D eigenvalue weighted by atomic mass is 10.1. The molecule has 1 nitrogen and oxygen atoms in total. The molecule has 1 heteroatoms. The van der Waals surface area contributed by atoms with Crippen molar-refractivity contribution in [3.05, 3.63) is 77.6 Å². The Bertz CT molecular complexity index is 719. The summed E-state index contributed by atoms with van der Waals surface area (Å²) in [4.78, 5) is 3.18. The molecular formula is C18H17N. The summed E-state index contributed by atoms with van der Waals surface area (Å²) in [6, 6.07) is 16.8. The maximum Gasteiger partial charge on any atom is 0.0195 e. The monoisotopic (exact) mass is 247 g/mol. The van der Waals surface area contributed by atoms with Gasteiger partial charge in [0.05, 0.1) is 0 Å². The fraction of sp³-hybridized carbons (Fsp3) is 0.111. The summed E-state index contributed by atoms with van der Waals surface area (Å²) in [6.45, 7) is 2.09. The van der Waals surface area contributed by atoms with Crippen LogP contribution in [0.2, 0.25) is 0 Å². The Balaban J connectivity index is 0.000000117. The van der Waals surface area contributed by atoms with E-state index in [1.807, 2.05) is 6.20 Å². The number of benzene rings is 2. The fourth-order valence-electron chi connectivity index (χ4n) is 2.42. The van der Waals surface area contributed by atoms with Crippen molar-refractivity contribution in [3.8, 4) is 0 Å². The number of aromatic nitrogens is 1. The Morgan fingerprint density at radius 3 is 2.58 bits per heavy atom. The molecule has 0 radical (unpaired) electrons. The zero-order valence-electron chi connectivity index (χ0n) is 11.1. The molecule has 0 aliphatic heterocycles. The van der Waals surface area contributed by atoms with Gasteiger partial charge in [-0.3, -0.25) is 0 Å². The highest BCUT2D eigenvalue weighted by Gasteiger charge is 2.00. The standard InChI is InChI=1S/C9H9N.C9H8/c1-7-9-5-3-2-4-8(9)6-10-7;1-2-5-9-7-3-6-8(9)4-1/h2-6,10H,1H3;1-6H,7H2. The van der Waals surface area contributed by atoms with E-state index in [2.05, 4.69) is 72.6 Å². The minimum absolute atomic E-state index is 1.12. The Morgan fingerprint density at radius 2 is 1.74 bits per heavy atom. The molecule has 1 aromatic heterocycles. The lowest BCUT2D eigenvalue weighted by Gasteiger charge is -1.93. The number of hydrogen-bond donors (Lipinski definition) is 1. The number of nitrogens with one attached hydrogen (secondary N) is 1. The largest absolute Gasteiger partial charge is 0.364 e. The Morgan fingerprint density at radius 1 is 0.947 bits per heavy atom. The van der Waals surface area contributed by atoms with Crippen LogP contribution in [0.4, 0.5) is 0 Å². The summed E-state index contributed by atoms with van der Waals surface area (Å²) < 4.78 is 0. The van der Waals surface area contributed by atoms with Crippen LogP contribution in [0.25, 0.3) is 16.8 Å². The molecule has 2 aromatic carbocycles. The van der Waals surface area contributed by atoms with Crippen molar-refractivity contribution in [2.24, 2.45) is 0 Å². The number of fused-ring (bicyclic) bond motifs is 2. The van der Waals surface area contributed by atoms with Gasteiger partial charge in [0.2, 0.25) is 0 Å². The third-order valence-electron chi connectivity index (χ3n) is 3.50. The topological polar surface area (TPSA) is 15.8 Å². The van der Waals surface area contributed by atoms with Crippen molar-refractivity contribution in [3.63, 3.8) is 0 Å². The van der Waals surface area contributed by atoms with E-state index < -0.39 is 0 Å². The summed E-state index contributed by atoms with van der Waals surface area (Å²) in [5.41, 5.74) is 4.09. The first kappa shape index (κ1) is 11.8. The molecule has 0 unspecified atom stereocenters.